The second-order valence-corrected chi connectivity index (χ2v) is 5.22. The molecule has 2 N–H and O–H groups in total. The number of nitrogens with zero attached hydrogens (tertiary/aromatic N) is 1. The average molecular weight is 338 g/mol. The summed E-state index contributed by atoms with van der Waals surface area (Å²) in [6.45, 7) is 2.24. The third-order valence-corrected chi connectivity index (χ3v) is 3.38. The summed E-state index contributed by atoms with van der Waals surface area (Å²) in [5.41, 5.74) is 0.336. The number of amides is 1. The van der Waals surface area contributed by atoms with Crippen LogP contribution in [0.25, 0.3) is 11.0 Å². The standard InChI is InChI=1S/C16H19FN2O5/c1-2-3-6-19-15(20)13-5-4-12(7-14(13)24-19)23-10-11(8-17)9-18-16(21)22/h4-5,7-8,18H,2-3,6,9-10H2,1H3,(H,21,22)/b11-8-. The summed E-state index contributed by atoms with van der Waals surface area (Å²) in [5, 5.41) is 11.0. The fraction of sp³-hybridized carbons (Fsp3) is 0.375. The van der Waals surface area contributed by atoms with Crippen molar-refractivity contribution in [3.05, 3.63) is 40.5 Å². The van der Waals surface area contributed by atoms with Gasteiger partial charge in [-0.25, -0.2) is 9.18 Å². The van der Waals surface area contributed by atoms with Crippen LogP contribution in [0.1, 0.15) is 19.8 Å². The van der Waals surface area contributed by atoms with Crippen LogP contribution in [0.5, 0.6) is 5.75 Å². The molecule has 0 aliphatic heterocycles. The molecule has 0 saturated carbocycles. The van der Waals surface area contributed by atoms with Crippen LogP contribution in [0.2, 0.25) is 0 Å². The second kappa shape index (κ2) is 8.19. The molecule has 0 aliphatic rings. The molecule has 2 aromatic rings. The van der Waals surface area contributed by atoms with Gasteiger partial charge in [0.05, 0.1) is 18.3 Å². The maximum atomic E-state index is 12.7. The van der Waals surface area contributed by atoms with Crippen molar-refractivity contribution in [2.45, 2.75) is 26.3 Å². The maximum Gasteiger partial charge on any atom is 0.404 e. The molecule has 0 saturated heterocycles. The Hall–Kier alpha value is -2.77. The topological polar surface area (TPSA) is 93.7 Å². The molecule has 1 amide bonds. The Morgan fingerprint density at radius 2 is 2.29 bits per heavy atom. The van der Waals surface area contributed by atoms with Crippen molar-refractivity contribution < 1.29 is 23.6 Å². The molecule has 1 aromatic heterocycles. The van der Waals surface area contributed by atoms with Gasteiger partial charge in [-0.3, -0.25) is 4.79 Å². The number of hydrogen-bond acceptors (Lipinski definition) is 4. The van der Waals surface area contributed by atoms with Crippen LogP contribution in [-0.2, 0) is 6.54 Å². The summed E-state index contributed by atoms with van der Waals surface area (Å²) < 4.78 is 24.9. The lowest BCUT2D eigenvalue weighted by Gasteiger charge is -2.08. The van der Waals surface area contributed by atoms with Crippen molar-refractivity contribution in [2.24, 2.45) is 0 Å². The number of aromatic nitrogens is 1. The van der Waals surface area contributed by atoms with Gasteiger partial charge in [0.1, 0.15) is 12.4 Å². The van der Waals surface area contributed by atoms with Gasteiger partial charge in [0, 0.05) is 18.2 Å². The van der Waals surface area contributed by atoms with Gasteiger partial charge >= 0.3 is 6.09 Å². The monoisotopic (exact) mass is 338 g/mol. The summed E-state index contributed by atoms with van der Waals surface area (Å²) in [4.78, 5) is 22.5. The van der Waals surface area contributed by atoms with Gasteiger partial charge in [0.15, 0.2) is 5.58 Å². The van der Waals surface area contributed by atoms with Crippen LogP contribution < -0.4 is 15.6 Å². The SMILES string of the molecule is CCCCn1oc2cc(OC/C(=C\F)CNC(=O)O)ccc2c1=O. The molecule has 0 radical (unpaired) electrons. The van der Waals surface area contributed by atoms with Crippen molar-refractivity contribution in [2.75, 3.05) is 13.2 Å². The van der Waals surface area contributed by atoms with E-state index in [0.29, 0.717) is 29.6 Å². The number of nitrogens with one attached hydrogen (secondary N) is 1. The normalized spacial score (nSPS) is 11.7. The minimum Gasteiger partial charge on any atom is -0.489 e. The van der Waals surface area contributed by atoms with E-state index in [9.17, 15) is 14.0 Å². The molecule has 1 heterocycles. The van der Waals surface area contributed by atoms with E-state index in [-0.39, 0.29) is 24.3 Å². The first-order valence-electron chi connectivity index (χ1n) is 7.56. The van der Waals surface area contributed by atoms with E-state index in [1.54, 1.807) is 18.2 Å². The Kier molecular flexibility index (Phi) is 6.00. The lowest BCUT2D eigenvalue weighted by molar-refractivity contribution is 0.195. The van der Waals surface area contributed by atoms with Crippen molar-refractivity contribution >= 4 is 17.1 Å². The molecule has 8 heteroatoms. The molecule has 0 spiro atoms. The molecule has 0 bridgehead atoms. The second-order valence-electron chi connectivity index (χ2n) is 5.22. The van der Waals surface area contributed by atoms with Gasteiger partial charge in [-0.05, 0) is 18.6 Å². The third-order valence-electron chi connectivity index (χ3n) is 3.38. The molecule has 0 unspecified atom stereocenters. The summed E-state index contributed by atoms with van der Waals surface area (Å²) >= 11 is 0. The molecule has 24 heavy (non-hydrogen) atoms. The molecule has 0 fully saturated rings. The first kappa shape index (κ1) is 17.6. The first-order chi connectivity index (χ1) is 11.5. The smallest absolute Gasteiger partial charge is 0.404 e. The Bertz CT molecular complexity index is 793. The van der Waals surface area contributed by atoms with Crippen molar-refractivity contribution in [1.82, 2.24) is 10.1 Å². The number of carbonyl (C=O) groups is 1. The molecular formula is C16H19FN2O5. The molecule has 7 nitrogen and oxygen atoms in total. The number of ether oxygens (including phenoxy) is 1. The lowest BCUT2D eigenvalue weighted by atomic mass is 10.2. The Morgan fingerprint density at radius 3 is 2.96 bits per heavy atom. The number of benzene rings is 1. The van der Waals surface area contributed by atoms with Crippen molar-refractivity contribution in [3.8, 4) is 5.75 Å². The predicted octanol–water partition coefficient (Wildman–Crippen LogP) is 2.89. The van der Waals surface area contributed by atoms with Gasteiger partial charge in [-0.1, -0.05) is 13.3 Å². The summed E-state index contributed by atoms with van der Waals surface area (Å²) in [7, 11) is 0. The largest absolute Gasteiger partial charge is 0.489 e. The summed E-state index contributed by atoms with van der Waals surface area (Å²) in [5.74, 6) is 0.397. The van der Waals surface area contributed by atoms with E-state index < -0.39 is 6.09 Å². The van der Waals surface area contributed by atoms with Crippen LogP contribution >= 0.6 is 0 Å². The third kappa shape index (κ3) is 4.37. The van der Waals surface area contributed by atoms with Crippen LogP contribution in [0, 0.1) is 0 Å². The highest BCUT2D eigenvalue weighted by atomic mass is 19.1. The number of halogens is 1. The number of hydrogen-bond donors (Lipinski definition) is 2. The molecule has 1 aromatic carbocycles. The zero-order valence-corrected chi connectivity index (χ0v) is 13.3. The highest BCUT2D eigenvalue weighted by Gasteiger charge is 2.10. The number of unbranched alkanes of at least 4 members (excludes halogenated alkanes) is 1. The minimum atomic E-state index is -1.24. The van der Waals surface area contributed by atoms with E-state index in [4.69, 9.17) is 14.4 Å². The van der Waals surface area contributed by atoms with Crippen molar-refractivity contribution in [1.29, 1.82) is 0 Å². The highest BCUT2D eigenvalue weighted by Crippen LogP contribution is 2.20. The van der Waals surface area contributed by atoms with E-state index >= 15 is 0 Å². The van der Waals surface area contributed by atoms with E-state index in [1.165, 1.54) is 4.74 Å². The summed E-state index contributed by atoms with van der Waals surface area (Å²) in [6, 6.07) is 4.73. The van der Waals surface area contributed by atoms with Crippen LogP contribution in [-0.4, -0.2) is 29.1 Å². The number of fused-ring (bicyclic) bond motifs is 1. The molecule has 0 aliphatic carbocycles. The minimum absolute atomic E-state index is 0.122. The van der Waals surface area contributed by atoms with E-state index in [2.05, 4.69) is 5.32 Å². The van der Waals surface area contributed by atoms with Gasteiger partial charge in [0.2, 0.25) is 0 Å². The van der Waals surface area contributed by atoms with E-state index in [0.717, 1.165) is 12.8 Å². The average Bonchev–Trinajstić information content (AvgIpc) is 2.88. The zero-order chi connectivity index (χ0) is 17.5. The molecule has 2 rings (SSSR count). The molecule has 0 atom stereocenters. The van der Waals surface area contributed by atoms with Crippen LogP contribution in [0.15, 0.2) is 39.4 Å². The Balaban J connectivity index is 2.07. The Labute approximate surface area is 137 Å². The quantitative estimate of drug-likeness (QED) is 0.772. The first-order valence-corrected chi connectivity index (χ1v) is 7.56. The lowest BCUT2D eigenvalue weighted by Crippen LogP contribution is -2.25. The van der Waals surface area contributed by atoms with Gasteiger partial charge in [-0.2, -0.15) is 4.74 Å². The van der Waals surface area contributed by atoms with Gasteiger partial charge in [-0.15, -0.1) is 0 Å². The molecule has 130 valence electrons. The number of carboxylic acid groups (broad SMARTS) is 1. The fourth-order valence-electron chi connectivity index (χ4n) is 2.07. The highest BCUT2D eigenvalue weighted by molar-refractivity contribution is 5.77. The van der Waals surface area contributed by atoms with Crippen molar-refractivity contribution in [3.63, 3.8) is 0 Å². The number of aryl methyl sites for hydroxylation is 1. The van der Waals surface area contributed by atoms with Crippen LogP contribution in [0.3, 0.4) is 0 Å². The number of rotatable bonds is 8. The van der Waals surface area contributed by atoms with Crippen LogP contribution in [0.4, 0.5) is 9.18 Å². The van der Waals surface area contributed by atoms with Gasteiger partial charge < -0.3 is 19.7 Å². The van der Waals surface area contributed by atoms with Gasteiger partial charge in [0.25, 0.3) is 5.56 Å². The predicted molar refractivity (Wildman–Crippen MR) is 86.1 cm³/mol. The summed E-state index contributed by atoms with van der Waals surface area (Å²) in [6.07, 6.45) is 0.840. The zero-order valence-electron chi connectivity index (χ0n) is 13.3. The van der Waals surface area contributed by atoms with E-state index in [1.807, 2.05) is 6.92 Å². The fourth-order valence-corrected chi connectivity index (χ4v) is 2.07. The maximum absolute atomic E-state index is 12.7. The molecular weight excluding hydrogens is 319 g/mol. The Morgan fingerprint density at radius 1 is 1.50 bits per heavy atom.